The number of nitrogen functional groups attached to an aromatic ring is 1. The molecule has 2 aromatic rings. The largest absolute Gasteiger partial charge is 0.447 e. The van der Waals surface area contributed by atoms with E-state index >= 15 is 0 Å². The van der Waals surface area contributed by atoms with E-state index in [0.717, 1.165) is 25.7 Å². The van der Waals surface area contributed by atoms with E-state index in [1.54, 1.807) is 4.90 Å². The highest BCUT2D eigenvalue weighted by atomic mass is 16.6. The van der Waals surface area contributed by atoms with Gasteiger partial charge in [-0.15, -0.1) is 0 Å². The van der Waals surface area contributed by atoms with Crippen molar-refractivity contribution in [2.45, 2.75) is 82.6 Å². The third-order valence-corrected chi connectivity index (χ3v) is 6.94. The van der Waals surface area contributed by atoms with E-state index < -0.39 is 30.4 Å². The van der Waals surface area contributed by atoms with Crippen molar-refractivity contribution in [3.8, 4) is 11.8 Å². The Balaban J connectivity index is 1.26. The Morgan fingerprint density at radius 3 is 2.63 bits per heavy atom. The van der Waals surface area contributed by atoms with Crippen molar-refractivity contribution in [2.24, 2.45) is 5.92 Å². The Hall–Kier alpha value is -3.47. The highest BCUT2D eigenvalue weighted by molar-refractivity contribution is 5.83. The van der Waals surface area contributed by atoms with E-state index in [2.05, 4.69) is 32.1 Å². The summed E-state index contributed by atoms with van der Waals surface area (Å²) in [5.74, 6) is 6.24. The first kappa shape index (κ1) is 26.1. The van der Waals surface area contributed by atoms with Gasteiger partial charge in [-0.2, -0.15) is 0 Å². The molecule has 13 nitrogen and oxygen atoms in total. The molecular weight excluding hydrogens is 494 g/mol. The minimum atomic E-state index is -1.41. The number of likely N-dealkylation sites (tertiary alicyclic amines) is 1. The third-order valence-electron chi connectivity index (χ3n) is 6.94. The van der Waals surface area contributed by atoms with Crippen molar-refractivity contribution in [3.05, 3.63) is 12.2 Å². The lowest BCUT2D eigenvalue weighted by atomic mass is 9.94. The molecule has 2 saturated heterocycles. The minimum absolute atomic E-state index is 0.0890. The summed E-state index contributed by atoms with van der Waals surface area (Å²) in [5, 5.41) is 23.9. The molecule has 1 saturated carbocycles. The van der Waals surface area contributed by atoms with E-state index in [1.165, 1.54) is 10.9 Å². The fraction of sp³-hybridized carbons (Fsp3) is 0.640. The summed E-state index contributed by atoms with van der Waals surface area (Å²) in [6, 6.07) is 0.0890. The van der Waals surface area contributed by atoms with Gasteiger partial charge >= 0.3 is 6.09 Å². The number of aromatic nitrogens is 4. The lowest BCUT2D eigenvalue weighted by Crippen LogP contribution is -2.43. The molecule has 2 aromatic heterocycles. The SMILES string of the molecule is CC(C)OC(=O)N1CCC(CC#Cc2nc(N)c3ncn(C4O[C@H](C(=O)NC5CC5)[C@H](O)[C@@H]4O)c3n2)CC1. The molecule has 3 aliphatic rings. The third kappa shape index (κ3) is 5.52. The number of ether oxygens (including phenoxy) is 2. The number of rotatable bonds is 5. The lowest BCUT2D eigenvalue weighted by molar-refractivity contribution is -0.137. The van der Waals surface area contributed by atoms with Crippen LogP contribution in [0.25, 0.3) is 11.2 Å². The van der Waals surface area contributed by atoms with Crippen LogP contribution >= 0.6 is 0 Å². The second-order valence-electron chi connectivity index (χ2n) is 10.3. The van der Waals surface area contributed by atoms with Gasteiger partial charge in [0.25, 0.3) is 5.91 Å². The maximum atomic E-state index is 12.5. The van der Waals surface area contributed by atoms with E-state index in [1.807, 2.05) is 13.8 Å². The number of piperidine rings is 1. The molecule has 13 heteroatoms. The number of nitrogens with one attached hydrogen (secondary N) is 1. The van der Waals surface area contributed by atoms with Gasteiger partial charge in [0.1, 0.15) is 17.7 Å². The molecule has 0 aromatic carbocycles. The number of carbonyl (C=O) groups is 2. The smallest absolute Gasteiger partial charge is 0.410 e. The van der Waals surface area contributed by atoms with Crippen LogP contribution in [0.15, 0.2) is 6.33 Å². The van der Waals surface area contributed by atoms with Gasteiger partial charge < -0.3 is 35.6 Å². The fourth-order valence-electron chi connectivity index (χ4n) is 4.67. The number of nitrogens with zero attached hydrogens (tertiary/aromatic N) is 5. The number of carbonyl (C=O) groups excluding carboxylic acids is 2. The molecule has 38 heavy (non-hydrogen) atoms. The van der Waals surface area contributed by atoms with Crippen molar-refractivity contribution < 1.29 is 29.3 Å². The molecule has 3 fully saturated rings. The van der Waals surface area contributed by atoms with Crippen molar-refractivity contribution in [1.82, 2.24) is 29.7 Å². The number of aliphatic hydroxyl groups is 2. The number of fused-ring (bicyclic) bond motifs is 1. The first-order valence-electron chi connectivity index (χ1n) is 13.0. The van der Waals surface area contributed by atoms with Crippen molar-refractivity contribution >= 4 is 29.0 Å². The van der Waals surface area contributed by atoms with E-state index in [4.69, 9.17) is 15.2 Å². The maximum absolute atomic E-state index is 12.5. The second kappa shape index (κ2) is 10.7. The van der Waals surface area contributed by atoms with Crippen LogP contribution in [-0.4, -0.2) is 90.2 Å². The summed E-state index contributed by atoms with van der Waals surface area (Å²) in [4.78, 5) is 39.2. The number of aliphatic hydroxyl groups excluding tert-OH is 2. The predicted molar refractivity (Wildman–Crippen MR) is 134 cm³/mol. The molecule has 5 rings (SSSR count). The average molecular weight is 528 g/mol. The Morgan fingerprint density at radius 2 is 1.95 bits per heavy atom. The van der Waals surface area contributed by atoms with Crippen LogP contribution in [0.5, 0.6) is 0 Å². The highest BCUT2D eigenvalue weighted by Crippen LogP contribution is 2.33. The Labute approximate surface area is 219 Å². The number of hydrogen-bond acceptors (Lipinski definition) is 10. The van der Waals surface area contributed by atoms with Gasteiger partial charge in [0.05, 0.1) is 12.4 Å². The van der Waals surface area contributed by atoms with Crippen LogP contribution < -0.4 is 11.1 Å². The quantitative estimate of drug-likeness (QED) is 0.395. The normalized spacial score (nSPS) is 25.9. The van der Waals surface area contributed by atoms with Gasteiger partial charge in [0.15, 0.2) is 23.8 Å². The van der Waals surface area contributed by atoms with Gasteiger partial charge in [-0.05, 0) is 51.4 Å². The number of nitrogens with two attached hydrogens (primary N) is 1. The fourth-order valence-corrected chi connectivity index (χ4v) is 4.67. The molecule has 1 aliphatic carbocycles. The zero-order valence-corrected chi connectivity index (χ0v) is 21.4. The number of amides is 2. The summed E-state index contributed by atoms with van der Waals surface area (Å²) in [7, 11) is 0. The topological polar surface area (TPSA) is 178 Å². The van der Waals surface area contributed by atoms with Crippen LogP contribution in [0.2, 0.25) is 0 Å². The molecule has 0 spiro atoms. The monoisotopic (exact) mass is 527 g/mol. The molecule has 4 atom stereocenters. The van der Waals surface area contributed by atoms with Crippen LogP contribution in [0, 0.1) is 17.8 Å². The second-order valence-corrected chi connectivity index (χ2v) is 10.3. The molecule has 1 unspecified atom stereocenters. The van der Waals surface area contributed by atoms with Crippen LogP contribution in [0.1, 0.15) is 58.0 Å². The van der Waals surface area contributed by atoms with E-state index in [9.17, 15) is 19.8 Å². The predicted octanol–water partition coefficient (Wildman–Crippen LogP) is 0.305. The van der Waals surface area contributed by atoms with Gasteiger partial charge in [-0.3, -0.25) is 9.36 Å². The van der Waals surface area contributed by atoms with E-state index in [0.29, 0.717) is 30.9 Å². The Kier molecular flexibility index (Phi) is 7.38. The van der Waals surface area contributed by atoms with Crippen LogP contribution in [0.3, 0.4) is 0 Å². The molecule has 2 aliphatic heterocycles. The zero-order chi connectivity index (χ0) is 27.0. The lowest BCUT2D eigenvalue weighted by Gasteiger charge is -2.31. The van der Waals surface area contributed by atoms with Crippen LogP contribution in [-0.2, 0) is 14.3 Å². The maximum Gasteiger partial charge on any atom is 0.410 e. The average Bonchev–Trinajstić information content (AvgIpc) is 3.51. The molecule has 4 heterocycles. The van der Waals surface area contributed by atoms with E-state index in [-0.39, 0.29) is 35.5 Å². The van der Waals surface area contributed by atoms with Crippen molar-refractivity contribution in [3.63, 3.8) is 0 Å². The summed E-state index contributed by atoms with van der Waals surface area (Å²) < 4.78 is 12.4. The minimum Gasteiger partial charge on any atom is -0.447 e. The van der Waals surface area contributed by atoms with Crippen molar-refractivity contribution in [2.75, 3.05) is 18.8 Å². The molecular formula is C25H33N7O6. The standard InChI is InChI=1S/C25H33N7O6/c1-13(2)37-25(36)31-10-8-14(9-11-31)4-3-5-16-29-21(26)17-22(30-16)32(12-27-17)24-19(34)18(33)20(38-24)23(35)28-15-6-7-15/h12-15,18-20,24,33-34H,4,6-11H2,1-2H3,(H,28,35)(H2,26,29,30)/t18-,19+,20+,24?/m1/s1. The Morgan fingerprint density at radius 1 is 1.21 bits per heavy atom. The molecule has 204 valence electrons. The van der Waals surface area contributed by atoms with Gasteiger partial charge in [-0.25, -0.2) is 19.7 Å². The highest BCUT2D eigenvalue weighted by Gasteiger charge is 2.48. The molecule has 5 N–H and O–H groups in total. The Bertz CT molecular complexity index is 1260. The van der Waals surface area contributed by atoms with Crippen molar-refractivity contribution in [1.29, 1.82) is 0 Å². The molecule has 0 radical (unpaired) electrons. The zero-order valence-electron chi connectivity index (χ0n) is 21.4. The molecule has 2 amide bonds. The van der Waals surface area contributed by atoms with Gasteiger partial charge in [0.2, 0.25) is 5.82 Å². The summed E-state index contributed by atoms with van der Waals surface area (Å²) in [5.41, 5.74) is 6.67. The number of hydrogen-bond donors (Lipinski definition) is 4. The first-order valence-corrected chi connectivity index (χ1v) is 13.0. The van der Waals surface area contributed by atoms with Crippen LogP contribution in [0.4, 0.5) is 10.6 Å². The summed E-state index contributed by atoms with van der Waals surface area (Å²) in [6.07, 6.45) is -0.0996. The number of anilines is 1. The van der Waals surface area contributed by atoms with Gasteiger partial charge in [0, 0.05) is 25.6 Å². The number of imidazole rings is 1. The summed E-state index contributed by atoms with van der Waals surface area (Å²) >= 11 is 0. The first-order chi connectivity index (χ1) is 18.2. The molecule has 0 bridgehead atoms. The van der Waals surface area contributed by atoms with Gasteiger partial charge in [-0.1, -0.05) is 5.92 Å². The summed E-state index contributed by atoms with van der Waals surface area (Å²) in [6.45, 7) is 4.91.